The van der Waals surface area contributed by atoms with Crippen LogP contribution in [-0.4, -0.2) is 25.7 Å². The van der Waals surface area contributed by atoms with Crippen molar-refractivity contribution in [2.24, 2.45) is 5.16 Å². The quantitative estimate of drug-likeness (QED) is 0.482. The fraction of sp³-hybridized carbons (Fsp3) is 0.316. The standard InChI is InChI=1S/C19H18ClF3N2O3S/c20-14-10-11-17(25-29(26,27)19(21,22)23)16(12-14)18(13-6-2-1-3-7-13)24-28-15-8-4-5-9-15/h1-3,6-7,10-12,15,25H,4-5,8-9H2/b24-18+. The molecule has 0 aromatic heterocycles. The van der Waals surface area contributed by atoms with E-state index in [-0.39, 0.29) is 28.1 Å². The van der Waals surface area contributed by atoms with Gasteiger partial charge in [-0.3, -0.25) is 4.72 Å². The van der Waals surface area contributed by atoms with Crippen LogP contribution in [0.25, 0.3) is 0 Å². The van der Waals surface area contributed by atoms with Gasteiger partial charge in [-0.2, -0.15) is 21.6 Å². The maximum Gasteiger partial charge on any atom is 0.516 e. The molecule has 1 fully saturated rings. The molecule has 1 aliphatic carbocycles. The van der Waals surface area contributed by atoms with Crippen LogP contribution in [0.1, 0.15) is 36.8 Å². The van der Waals surface area contributed by atoms with Gasteiger partial charge in [0.15, 0.2) is 0 Å². The number of halogens is 4. The molecule has 0 aliphatic heterocycles. The molecule has 156 valence electrons. The van der Waals surface area contributed by atoms with Gasteiger partial charge in [0.25, 0.3) is 0 Å². The molecule has 1 aliphatic rings. The summed E-state index contributed by atoms with van der Waals surface area (Å²) in [4.78, 5) is 5.61. The fourth-order valence-electron chi connectivity index (χ4n) is 2.98. The molecule has 0 heterocycles. The Kier molecular flexibility index (Phi) is 6.38. The molecule has 10 heteroatoms. The Morgan fingerprint density at radius 1 is 1.10 bits per heavy atom. The summed E-state index contributed by atoms with van der Waals surface area (Å²) in [6, 6.07) is 12.4. The number of benzene rings is 2. The number of hydrogen-bond acceptors (Lipinski definition) is 4. The molecule has 1 saturated carbocycles. The SMILES string of the molecule is O=S(=O)(Nc1ccc(Cl)cc1/C(=N/OC1CCCC1)c1ccccc1)C(F)(F)F. The molecular weight excluding hydrogens is 429 g/mol. The predicted octanol–water partition coefficient (Wildman–Crippen LogP) is 5.31. The van der Waals surface area contributed by atoms with E-state index in [1.165, 1.54) is 12.1 Å². The van der Waals surface area contributed by atoms with E-state index in [0.717, 1.165) is 31.7 Å². The van der Waals surface area contributed by atoms with Gasteiger partial charge < -0.3 is 4.84 Å². The molecule has 3 rings (SSSR count). The second kappa shape index (κ2) is 8.62. The first kappa shape index (κ1) is 21.4. The maximum absolute atomic E-state index is 12.9. The zero-order valence-corrected chi connectivity index (χ0v) is 16.7. The lowest BCUT2D eigenvalue weighted by Gasteiger charge is -2.17. The molecular formula is C19H18ClF3N2O3S. The molecule has 1 N–H and O–H groups in total. The normalized spacial score (nSPS) is 16.1. The van der Waals surface area contributed by atoms with Gasteiger partial charge in [-0.1, -0.05) is 47.1 Å². The molecule has 5 nitrogen and oxygen atoms in total. The number of sulfonamides is 1. The van der Waals surface area contributed by atoms with Crippen LogP contribution in [0.15, 0.2) is 53.7 Å². The van der Waals surface area contributed by atoms with Crippen LogP contribution in [0.2, 0.25) is 5.02 Å². The number of alkyl halides is 3. The van der Waals surface area contributed by atoms with Crippen LogP contribution < -0.4 is 4.72 Å². The van der Waals surface area contributed by atoms with E-state index < -0.39 is 15.5 Å². The lowest BCUT2D eigenvalue weighted by molar-refractivity contribution is -0.0429. The van der Waals surface area contributed by atoms with E-state index >= 15 is 0 Å². The summed E-state index contributed by atoms with van der Waals surface area (Å²) in [5.41, 5.74) is -4.96. The van der Waals surface area contributed by atoms with Crippen molar-refractivity contribution in [3.63, 3.8) is 0 Å². The highest BCUT2D eigenvalue weighted by atomic mass is 35.5. The maximum atomic E-state index is 12.9. The van der Waals surface area contributed by atoms with Crippen molar-refractivity contribution in [1.82, 2.24) is 0 Å². The fourth-order valence-corrected chi connectivity index (χ4v) is 3.73. The molecule has 0 radical (unpaired) electrons. The summed E-state index contributed by atoms with van der Waals surface area (Å²) in [5, 5.41) is 4.39. The summed E-state index contributed by atoms with van der Waals surface area (Å²) in [5.74, 6) is 0. The van der Waals surface area contributed by atoms with Crippen LogP contribution in [0.3, 0.4) is 0 Å². The lowest BCUT2D eigenvalue weighted by Crippen LogP contribution is -2.30. The van der Waals surface area contributed by atoms with E-state index in [1.54, 1.807) is 35.1 Å². The first-order valence-electron chi connectivity index (χ1n) is 8.85. The second-order valence-corrected chi connectivity index (χ2v) is 8.67. The molecule has 0 spiro atoms. The van der Waals surface area contributed by atoms with Crippen molar-refractivity contribution in [2.75, 3.05) is 4.72 Å². The Balaban J connectivity index is 2.07. The molecule has 2 aromatic rings. The lowest BCUT2D eigenvalue weighted by atomic mass is 10.0. The van der Waals surface area contributed by atoms with Crippen LogP contribution in [0, 0.1) is 0 Å². The summed E-state index contributed by atoms with van der Waals surface area (Å²) >= 11 is 6.04. The van der Waals surface area contributed by atoms with Crippen molar-refractivity contribution < 1.29 is 26.4 Å². The van der Waals surface area contributed by atoms with E-state index in [4.69, 9.17) is 16.4 Å². The first-order chi connectivity index (χ1) is 13.7. The average Bonchev–Trinajstić information content (AvgIpc) is 3.17. The highest BCUT2D eigenvalue weighted by molar-refractivity contribution is 7.93. The monoisotopic (exact) mass is 446 g/mol. The van der Waals surface area contributed by atoms with E-state index in [2.05, 4.69) is 5.16 Å². The third kappa shape index (κ3) is 5.22. The van der Waals surface area contributed by atoms with Gasteiger partial charge in [-0.15, -0.1) is 0 Å². The summed E-state index contributed by atoms with van der Waals surface area (Å²) in [6.07, 6.45) is 3.58. The minimum atomic E-state index is -5.62. The summed E-state index contributed by atoms with van der Waals surface area (Å²) in [6.45, 7) is 0. The largest absolute Gasteiger partial charge is 0.516 e. The number of rotatable bonds is 6. The van der Waals surface area contributed by atoms with Crippen molar-refractivity contribution in [3.05, 3.63) is 64.7 Å². The van der Waals surface area contributed by atoms with E-state index in [9.17, 15) is 21.6 Å². The summed E-state index contributed by atoms with van der Waals surface area (Å²) < 4.78 is 63.5. The third-order valence-electron chi connectivity index (χ3n) is 4.43. The van der Waals surface area contributed by atoms with Gasteiger partial charge in [0.1, 0.15) is 11.8 Å². The first-order valence-corrected chi connectivity index (χ1v) is 10.7. The number of nitrogens with one attached hydrogen (secondary N) is 1. The number of oxime groups is 1. The average molecular weight is 447 g/mol. The molecule has 0 saturated heterocycles. The molecule has 0 unspecified atom stereocenters. The minimum Gasteiger partial charge on any atom is -0.392 e. The van der Waals surface area contributed by atoms with Crippen molar-refractivity contribution >= 4 is 33.0 Å². The molecule has 29 heavy (non-hydrogen) atoms. The van der Waals surface area contributed by atoms with Gasteiger partial charge in [-0.25, -0.2) is 0 Å². The Labute approximate surface area is 171 Å². The topological polar surface area (TPSA) is 67.8 Å². The molecule has 0 atom stereocenters. The molecule has 2 aromatic carbocycles. The highest BCUT2D eigenvalue weighted by Crippen LogP contribution is 2.30. The van der Waals surface area contributed by atoms with Gasteiger partial charge in [-0.05, 0) is 43.9 Å². The zero-order chi connectivity index (χ0) is 21.1. The number of anilines is 1. The zero-order valence-electron chi connectivity index (χ0n) is 15.1. The Morgan fingerprint density at radius 2 is 1.76 bits per heavy atom. The van der Waals surface area contributed by atoms with Gasteiger partial charge in [0.05, 0.1) is 5.69 Å². The van der Waals surface area contributed by atoms with Crippen LogP contribution in [0.5, 0.6) is 0 Å². The van der Waals surface area contributed by atoms with Gasteiger partial charge in [0.2, 0.25) is 0 Å². The molecule has 0 amide bonds. The Morgan fingerprint density at radius 3 is 2.38 bits per heavy atom. The smallest absolute Gasteiger partial charge is 0.392 e. The van der Waals surface area contributed by atoms with Gasteiger partial charge in [0, 0.05) is 16.1 Å². The van der Waals surface area contributed by atoms with E-state index in [1.807, 2.05) is 0 Å². The minimum absolute atomic E-state index is 0.0783. The van der Waals surface area contributed by atoms with Crippen LogP contribution in [0.4, 0.5) is 18.9 Å². The number of nitrogens with zero attached hydrogens (tertiary/aromatic N) is 1. The predicted molar refractivity (Wildman–Crippen MR) is 105 cm³/mol. The van der Waals surface area contributed by atoms with Crippen molar-refractivity contribution in [3.8, 4) is 0 Å². The van der Waals surface area contributed by atoms with Gasteiger partial charge >= 0.3 is 15.5 Å². The van der Waals surface area contributed by atoms with Crippen LogP contribution >= 0.6 is 11.6 Å². The Bertz CT molecular complexity index is 990. The van der Waals surface area contributed by atoms with Crippen molar-refractivity contribution in [1.29, 1.82) is 0 Å². The van der Waals surface area contributed by atoms with Crippen molar-refractivity contribution in [2.45, 2.75) is 37.3 Å². The third-order valence-corrected chi connectivity index (χ3v) is 5.76. The Hall–Kier alpha value is -2.26. The highest BCUT2D eigenvalue weighted by Gasteiger charge is 2.46. The van der Waals surface area contributed by atoms with Crippen LogP contribution in [-0.2, 0) is 14.9 Å². The second-order valence-electron chi connectivity index (χ2n) is 6.56. The summed E-state index contributed by atoms with van der Waals surface area (Å²) in [7, 11) is -5.62. The molecule has 0 bridgehead atoms. The number of hydrogen-bond donors (Lipinski definition) is 1. The van der Waals surface area contributed by atoms with E-state index in [0.29, 0.717) is 5.56 Å².